The van der Waals surface area contributed by atoms with Gasteiger partial charge >= 0.3 is 0 Å². The van der Waals surface area contributed by atoms with Gasteiger partial charge in [-0.3, -0.25) is 0 Å². The second-order valence-electron chi connectivity index (χ2n) is 3.09. The average Bonchev–Trinajstić information content (AvgIpc) is 2.20. The van der Waals surface area contributed by atoms with Gasteiger partial charge in [-0.05, 0) is 11.5 Å². The van der Waals surface area contributed by atoms with Gasteiger partial charge in [0.25, 0.3) is 0 Å². The summed E-state index contributed by atoms with van der Waals surface area (Å²) in [6, 6.07) is 9.10. The van der Waals surface area contributed by atoms with Gasteiger partial charge in [0.15, 0.2) is 11.5 Å². The van der Waals surface area contributed by atoms with Gasteiger partial charge in [0.1, 0.15) is 0 Å². The van der Waals surface area contributed by atoms with Crippen molar-refractivity contribution in [1.29, 1.82) is 0 Å². The summed E-state index contributed by atoms with van der Waals surface area (Å²) in [5.74, 6) is -0.209. The molecule has 0 radical (unpaired) electrons. The van der Waals surface area contributed by atoms with Crippen LogP contribution in [0, 0.1) is 0 Å². The molecule has 0 aromatic heterocycles. The van der Waals surface area contributed by atoms with E-state index < -0.39 is 0 Å². The lowest BCUT2D eigenvalue weighted by molar-refractivity contribution is 0.406. The number of anilines is 1. The highest BCUT2D eigenvalue weighted by molar-refractivity contribution is 5.98. The molecule has 0 atom stereocenters. The molecule has 0 aliphatic carbocycles. The molecule has 0 bridgehead atoms. The number of rotatable bonds is 1. The lowest BCUT2D eigenvalue weighted by Gasteiger charge is -2.09. The number of phenolic OH excluding ortho intramolecular Hbond substituents is 2. The lowest BCUT2D eigenvalue weighted by atomic mass is 10.1. The van der Waals surface area contributed by atoms with E-state index in [0.717, 1.165) is 10.8 Å². The largest absolute Gasteiger partial charge is 0.504 e. The molecule has 2 rings (SSSR count). The van der Waals surface area contributed by atoms with Crippen LogP contribution in [-0.4, -0.2) is 17.3 Å². The molecule has 3 nitrogen and oxygen atoms in total. The first-order valence-electron chi connectivity index (χ1n) is 4.35. The maximum atomic E-state index is 9.58. The van der Waals surface area contributed by atoms with Gasteiger partial charge in [-0.1, -0.05) is 24.3 Å². The number of fused-ring (bicyclic) bond motifs is 1. The fourth-order valence-electron chi connectivity index (χ4n) is 1.57. The molecule has 14 heavy (non-hydrogen) atoms. The van der Waals surface area contributed by atoms with Crippen molar-refractivity contribution in [2.45, 2.75) is 0 Å². The first-order chi connectivity index (χ1) is 6.74. The molecule has 2 aromatic carbocycles. The molecule has 3 heteroatoms. The first kappa shape index (κ1) is 8.69. The van der Waals surface area contributed by atoms with E-state index in [9.17, 15) is 10.2 Å². The van der Waals surface area contributed by atoms with Crippen LogP contribution in [0.2, 0.25) is 0 Å². The Morgan fingerprint density at radius 2 is 1.86 bits per heavy atom. The van der Waals surface area contributed by atoms with Crippen molar-refractivity contribution in [2.24, 2.45) is 0 Å². The van der Waals surface area contributed by atoms with Crippen molar-refractivity contribution >= 4 is 16.5 Å². The number of aromatic hydroxyl groups is 2. The lowest BCUT2D eigenvalue weighted by Crippen LogP contribution is -1.90. The van der Waals surface area contributed by atoms with Gasteiger partial charge in [0.2, 0.25) is 0 Å². The number of nitrogens with one attached hydrogen (secondary N) is 1. The zero-order valence-electron chi connectivity index (χ0n) is 7.78. The SMILES string of the molecule is CNc1c(O)c(O)cc2ccccc12. The molecule has 0 aliphatic heterocycles. The third-order valence-electron chi connectivity index (χ3n) is 2.25. The van der Waals surface area contributed by atoms with E-state index in [-0.39, 0.29) is 11.5 Å². The van der Waals surface area contributed by atoms with Crippen LogP contribution in [0.5, 0.6) is 11.5 Å². The van der Waals surface area contributed by atoms with E-state index in [1.165, 1.54) is 0 Å². The maximum absolute atomic E-state index is 9.58. The zero-order valence-corrected chi connectivity index (χ0v) is 7.78. The Morgan fingerprint density at radius 3 is 2.57 bits per heavy atom. The van der Waals surface area contributed by atoms with E-state index in [0.29, 0.717) is 5.69 Å². The minimum absolute atomic E-state index is 0.104. The summed E-state index contributed by atoms with van der Waals surface area (Å²) in [5.41, 5.74) is 0.556. The van der Waals surface area contributed by atoms with E-state index in [1.807, 2.05) is 24.3 Å². The van der Waals surface area contributed by atoms with E-state index in [4.69, 9.17) is 0 Å². The number of benzene rings is 2. The Labute approximate surface area is 81.6 Å². The molecule has 72 valence electrons. The third kappa shape index (κ3) is 1.14. The molecule has 0 saturated heterocycles. The standard InChI is InChI=1S/C11H11NO2/c1-12-10-8-5-3-2-4-7(8)6-9(13)11(10)14/h2-6,12-14H,1H3. The summed E-state index contributed by atoms with van der Waals surface area (Å²) in [4.78, 5) is 0. The fourth-order valence-corrected chi connectivity index (χ4v) is 1.57. The van der Waals surface area contributed by atoms with E-state index in [1.54, 1.807) is 13.1 Å². The van der Waals surface area contributed by atoms with Gasteiger partial charge in [0.05, 0.1) is 5.69 Å². The Hall–Kier alpha value is -1.90. The number of hydrogen-bond donors (Lipinski definition) is 3. The summed E-state index contributed by atoms with van der Waals surface area (Å²) in [7, 11) is 1.71. The number of hydrogen-bond acceptors (Lipinski definition) is 3. The molecule has 0 amide bonds. The molecular formula is C11H11NO2. The van der Waals surface area contributed by atoms with Crippen LogP contribution in [0.1, 0.15) is 0 Å². The Morgan fingerprint density at radius 1 is 1.14 bits per heavy atom. The van der Waals surface area contributed by atoms with Gasteiger partial charge in [0, 0.05) is 12.4 Å². The molecule has 0 aliphatic rings. The smallest absolute Gasteiger partial charge is 0.181 e. The molecule has 0 heterocycles. The minimum Gasteiger partial charge on any atom is -0.504 e. The summed E-state index contributed by atoms with van der Waals surface area (Å²) in [6.07, 6.45) is 0. The highest BCUT2D eigenvalue weighted by Crippen LogP contribution is 2.39. The van der Waals surface area contributed by atoms with Crippen molar-refractivity contribution in [3.63, 3.8) is 0 Å². The van der Waals surface area contributed by atoms with Gasteiger partial charge in [-0.2, -0.15) is 0 Å². The van der Waals surface area contributed by atoms with Crippen LogP contribution in [0.3, 0.4) is 0 Å². The van der Waals surface area contributed by atoms with Crippen molar-refractivity contribution in [3.8, 4) is 11.5 Å². The van der Waals surface area contributed by atoms with Gasteiger partial charge < -0.3 is 15.5 Å². The van der Waals surface area contributed by atoms with Crippen molar-refractivity contribution in [3.05, 3.63) is 30.3 Å². The van der Waals surface area contributed by atoms with Gasteiger partial charge in [-0.15, -0.1) is 0 Å². The predicted octanol–water partition coefficient (Wildman–Crippen LogP) is 2.29. The quantitative estimate of drug-likeness (QED) is 0.603. The monoisotopic (exact) mass is 189 g/mol. The van der Waals surface area contributed by atoms with Crippen LogP contribution >= 0.6 is 0 Å². The molecule has 0 spiro atoms. The van der Waals surface area contributed by atoms with Crippen molar-refractivity contribution < 1.29 is 10.2 Å². The molecule has 0 saturated carbocycles. The normalized spacial score (nSPS) is 10.4. The zero-order chi connectivity index (χ0) is 10.1. The summed E-state index contributed by atoms with van der Waals surface area (Å²) in [6.45, 7) is 0. The molecule has 0 fully saturated rings. The summed E-state index contributed by atoms with van der Waals surface area (Å²) < 4.78 is 0. The van der Waals surface area contributed by atoms with Crippen LogP contribution < -0.4 is 5.32 Å². The highest BCUT2D eigenvalue weighted by atomic mass is 16.3. The van der Waals surface area contributed by atoms with Crippen LogP contribution in [0.25, 0.3) is 10.8 Å². The Bertz CT molecular complexity index is 480. The topological polar surface area (TPSA) is 52.5 Å². The second kappa shape index (κ2) is 3.10. The van der Waals surface area contributed by atoms with Crippen molar-refractivity contribution in [1.82, 2.24) is 0 Å². The highest BCUT2D eigenvalue weighted by Gasteiger charge is 2.09. The molecular weight excluding hydrogens is 178 g/mol. The van der Waals surface area contributed by atoms with Gasteiger partial charge in [-0.25, -0.2) is 0 Å². The van der Waals surface area contributed by atoms with Crippen LogP contribution in [0.15, 0.2) is 30.3 Å². The Balaban J connectivity index is 2.89. The third-order valence-corrected chi connectivity index (χ3v) is 2.25. The minimum atomic E-state index is -0.105. The first-order valence-corrected chi connectivity index (χ1v) is 4.35. The molecule has 3 N–H and O–H groups in total. The van der Waals surface area contributed by atoms with E-state index >= 15 is 0 Å². The summed E-state index contributed by atoms with van der Waals surface area (Å²) >= 11 is 0. The van der Waals surface area contributed by atoms with Crippen molar-refractivity contribution in [2.75, 3.05) is 12.4 Å². The number of phenols is 2. The molecule has 2 aromatic rings. The Kier molecular flexibility index (Phi) is 1.93. The fraction of sp³-hybridized carbons (Fsp3) is 0.0909. The maximum Gasteiger partial charge on any atom is 0.181 e. The van der Waals surface area contributed by atoms with E-state index in [2.05, 4.69) is 5.32 Å². The molecule has 0 unspecified atom stereocenters. The average molecular weight is 189 g/mol. The summed E-state index contributed by atoms with van der Waals surface area (Å²) in [5, 5.41) is 23.7. The second-order valence-corrected chi connectivity index (χ2v) is 3.09. The predicted molar refractivity (Wildman–Crippen MR) is 56.8 cm³/mol. The van der Waals surface area contributed by atoms with Crippen LogP contribution in [-0.2, 0) is 0 Å². The van der Waals surface area contributed by atoms with Crippen LogP contribution in [0.4, 0.5) is 5.69 Å².